The number of nitrogens with zero attached hydrogens (tertiary/aromatic N) is 2. The van der Waals surface area contributed by atoms with Crippen molar-refractivity contribution in [3.63, 3.8) is 0 Å². The summed E-state index contributed by atoms with van der Waals surface area (Å²) < 4.78 is 16.7. The summed E-state index contributed by atoms with van der Waals surface area (Å²) in [5, 5.41) is 11.3. The van der Waals surface area contributed by atoms with Crippen molar-refractivity contribution < 1.29 is 28.9 Å². The standard InChI is InChI=1S/C28H36N2O6/c1-18(2)17-36-20-10-8-19(9-11-20)26(31)24-25(22-16-21(34-5)12-13-23(22)35-6)30(28(33)27(24)32)15-7-14-29(3)4/h8-13,16,18,25,31H,7,14-15,17H2,1-6H3/b26-24-. The van der Waals surface area contributed by atoms with Crippen molar-refractivity contribution in [3.05, 3.63) is 59.2 Å². The van der Waals surface area contributed by atoms with Crippen molar-refractivity contribution in [1.29, 1.82) is 0 Å². The summed E-state index contributed by atoms with van der Waals surface area (Å²) in [6.07, 6.45) is 0.657. The zero-order valence-electron chi connectivity index (χ0n) is 21.9. The van der Waals surface area contributed by atoms with E-state index in [2.05, 4.69) is 13.8 Å². The molecule has 1 heterocycles. The van der Waals surface area contributed by atoms with Crippen LogP contribution in [0, 0.1) is 5.92 Å². The number of benzene rings is 2. The molecule has 3 rings (SSSR count). The van der Waals surface area contributed by atoms with Crippen LogP contribution in [-0.4, -0.2) is 74.6 Å². The van der Waals surface area contributed by atoms with Gasteiger partial charge < -0.3 is 29.1 Å². The smallest absolute Gasteiger partial charge is 0.295 e. The Morgan fingerprint density at radius 2 is 1.69 bits per heavy atom. The first-order chi connectivity index (χ1) is 17.2. The number of aliphatic hydroxyl groups excluding tert-OH is 1. The third-order valence-corrected chi connectivity index (χ3v) is 5.99. The summed E-state index contributed by atoms with van der Waals surface area (Å²) in [5.74, 6) is 0.456. The van der Waals surface area contributed by atoms with Crippen LogP contribution in [0.5, 0.6) is 17.2 Å². The predicted octanol–water partition coefficient (Wildman–Crippen LogP) is 4.11. The van der Waals surface area contributed by atoms with E-state index >= 15 is 0 Å². The van der Waals surface area contributed by atoms with Gasteiger partial charge in [0.15, 0.2) is 0 Å². The van der Waals surface area contributed by atoms with Crippen molar-refractivity contribution in [3.8, 4) is 17.2 Å². The monoisotopic (exact) mass is 496 g/mol. The first-order valence-corrected chi connectivity index (χ1v) is 12.1. The number of ketones is 1. The summed E-state index contributed by atoms with van der Waals surface area (Å²) in [4.78, 5) is 30.0. The van der Waals surface area contributed by atoms with Crippen molar-refractivity contribution in [2.24, 2.45) is 5.92 Å². The molecular weight excluding hydrogens is 460 g/mol. The van der Waals surface area contributed by atoms with Crippen LogP contribution in [0.4, 0.5) is 0 Å². The number of rotatable bonds is 11. The van der Waals surface area contributed by atoms with Crippen LogP contribution in [0.15, 0.2) is 48.0 Å². The van der Waals surface area contributed by atoms with E-state index in [0.29, 0.717) is 53.9 Å². The van der Waals surface area contributed by atoms with Crippen LogP contribution in [-0.2, 0) is 9.59 Å². The van der Waals surface area contributed by atoms with Gasteiger partial charge in [-0.25, -0.2) is 0 Å². The topological polar surface area (TPSA) is 88.5 Å². The van der Waals surface area contributed by atoms with Crippen LogP contribution in [0.3, 0.4) is 0 Å². The van der Waals surface area contributed by atoms with Crippen molar-refractivity contribution >= 4 is 17.4 Å². The Bertz CT molecular complexity index is 1110. The van der Waals surface area contributed by atoms with Gasteiger partial charge in [-0.15, -0.1) is 0 Å². The molecule has 0 aliphatic carbocycles. The number of likely N-dealkylation sites (tertiary alicyclic amines) is 1. The molecule has 1 N–H and O–H groups in total. The molecule has 8 nitrogen and oxygen atoms in total. The lowest BCUT2D eigenvalue weighted by Gasteiger charge is -2.27. The molecule has 0 bridgehead atoms. The molecule has 0 spiro atoms. The van der Waals surface area contributed by atoms with Crippen molar-refractivity contribution in [2.45, 2.75) is 26.3 Å². The Labute approximate surface area is 213 Å². The number of carbonyl (C=O) groups is 2. The minimum absolute atomic E-state index is 0.0206. The Morgan fingerprint density at radius 3 is 2.28 bits per heavy atom. The van der Waals surface area contributed by atoms with E-state index < -0.39 is 17.7 Å². The van der Waals surface area contributed by atoms with Gasteiger partial charge in [0.25, 0.3) is 11.7 Å². The highest BCUT2D eigenvalue weighted by molar-refractivity contribution is 6.46. The second-order valence-electron chi connectivity index (χ2n) is 9.49. The number of hydrogen-bond acceptors (Lipinski definition) is 7. The van der Waals surface area contributed by atoms with Gasteiger partial charge in [-0.3, -0.25) is 9.59 Å². The van der Waals surface area contributed by atoms with E-state index in [-0.39, 0.29) is 11.3 Å². The van der Waals surface area contributed by atoms with Gasteiger partial charge in [-0.05, 0) is 75.4 Å². The van der Waals surface area contributed by atoms with Gasteiger partial charge in [0.2, 0.25) is 0 Å². The minimum Gasteiger partial charge on any atom is -0.507 e. The number of Topliss-reactive ketones (excluding diaryl/α,β-unsaturated/α-hetero) is 1. The van der Waals surface area contributed by atoms with Crippen molar-refractivity contribution in [1.82, 2.24) is 9.80 Å². The normalized spacial score (nSPS) is 17.2. The number of methoxy groups -OCH3 is 2. The third kappa shape index (κ3) is 5.99. The maximum absolute atomic E-state index is 13.3. The summed E-state index contributed by atoms with van der Waals surface area (Å²) >= 11 is 0. The zero-order valence-corrected chi connectivity index (χ0v) is 21.9. The van der Waals surface area contributed by atoms with Gasteiger partial charge in [-0.2, -0.15) is 0 Å². The average Bonchev–Trinajstić information content (AvgIpc) is 3.11. The van der Waals surface area contributed by atoms with E-state index in [1.807, 2.05) is 19.0 Å². The van der Waals surface area contributed by atoms with Gasteiger partial charge in [-0.1, -0.05) is 13.8 Å². The fourth-order valence-electron chi connectivity index (χ4n) is 4.17. The molecule has 2 aromatic carbocycles. The molecule has 0 saturated carbocycles. The SMILES string of the molecule is COc1ccc(OC)c(C2/C(=C(/O)c3ccc(OCC(C)C)cc3)C(=O)C(=O)N2CCCN(C)C)c1. The highest BCUT2D eigenvalue weighted by Crippen LogP contribution is 2.44. The predicted molar refractivity (Wildman–Crippen MR) is 139 cm³/mol. The van der Waals surface area contributed by atoms with Crippen LogP contribution in [0.1, 0.15) is 37.4 Å². The zero-order chi connectivity index (χ0) is 26.4. The van der Waals surface area contributed by atoms with Crippen LogP contribution in [0.2, 0.25) is 0 Å². The highest BCUT2D eigenvalue weighted by atomic mass is 16.5. The first-order valence-electron chi connectivity index (χ1n) is 12.1. The molecule has 194 valence electrons. The quantitative estimate of drug-likeness (QED) is 0.285. The Hall–Kier alpha value is -3.52. The molecule has 1 fully saturated rings. The third-order valence-electron chi connectivity index (χ3n) is 5.99. The van der Waals surface area contributed by atoms with E-state index in [4.69, 9.17) is 14.2 Å². The summed E-state index contributed by atoms with van der Waals surface area (Å²) in [7, 11) is 6.97. The number of amides is 1. The number of ether oxygens (including phenoxy) is 3. The fourth-order valence-corrected chi connectivity index (χ4v) is 4.17. The summed E-state index contributed by atoms with van der Waals surface area (Å²) in [6, 6.07) is 11.2. The second-order valence-corrected chi connectivity index (χ2v) is 9.49. The second kappa shape index (κ2) is 11.9. The lowest BCUT2D eigenvalue weighted by molar-refractivity contribution is -0.140. The molecule has 1 unspecified atom stereocenters. The van der Waals surface area contributed by atoms with Gasteiger partial charge in [0.05, 0.1) is 32.4 Å². The maximum atomic E-state index is 13.3. The van der Waals surface area contributed by atoms with E-state index in [1.165, 1.54) is 12.0 Å². The average molecular weight is 497 g/mol. The van der Waals surface area contributed by atoms with Gasteiger partial charge in [0, 0.05) is 17.7 Å². The summed E-state index contributed by atoms with van der Waals surface area (Å²) in [5.41, 5.74) is 1.01. The number of aliphatic hydroxyl groups is 1. The molecule has 36 heavy (non-hydrogen) atoms. The van der Waals surface area contributed by atoms with Crippen LogP contribution >= 0.6 is 0 Å². The van der Waals surface area contributed by atoms with E-state index in [1.54, 1.807) is 49.6 Å². The fraction of sp³-hybridized carbons (Fsp3) is 0.429. The van der Waals surface area contributed by atoms with E-state index in [9.17, 15) is 14.7 Å². The lowest BCUT2D eigenvalue weighted by atomic mass is 9.94. The highest BCUT2D eigenvalue weighted by Gasteiger charge is 2.47. The van der Waals surface area contributed by atoms with Gasteiger partial charge >= 0.3 is 0 Å². The lowest BCUT2D eigenvalue weighted by Crippen LogP contribution is -2.32. The van der Waals surface area contributed by atoms with Gasteiger partial charge in [0.1, 0.15) is 23.0 Å². The molecular formula is C28H36N2O6. The largest absolute Gasteiger partial charge is 0.507 e. The minimum atomic E-state index is -0.825. The number of hydrogen-bond donors (Lipinski definition) is 1. The first kappa shape index (κ1) is 27.1. The Kier molecular flexibility index (Phi) is 8.98. The van der Waals surface area contributed by atoms with Crippen molar-refractivity contribution in [2.75, 3.05) is 48.0 Å². The summed E-state index contributed by atoms with van der Waals surface area (Å²) in [6.45, 7) is 5.77. The van der Waals surface area contributed by atoms with E-state index in [0.717, 1.165) is 6.54 Å². The molecule has 0 aromatic heterocycles. The molecule has 1 aliphatic heterocycles. The maximum Gasteiger partial charge on any atom is 0.295 e. The molecule has 8 heteroatoms. The number of carbonyl (C=O) groups excluding carboxylic acids is 2. The molecule has 1 saturated heterocycles. The Balaban J connectivity index is 2.10. The molecule has 1 aliphatic rings. The van der Waals surface area contributed by atoms with Crippen LogP contribution in [0.25, 0.3) is 5.76 Å². The molecule has 2 aromatic rings. The molecule has 1 atom stereocenters. The van der Waals surface area contributed by atoms with Crippen LogP contribution < -0.4 is 14.2 Å². The molecule has 0 radical (unpaired) electrons. The molecule has 1 amide bonds. The Morgan fingerprint density at radius 1 is 1.03 bits per heavy atom.